The first-order valence-corrected chi connectivity index (χ1v) is 9.36. The largest absolute Gasteiger partial charge is 0.275 e. The van der Waals surface area contributed by atoms with Crippen molar-refractivity contribution in [2.45, 2.75) is 32.2 Å². The van der Waals surface area contributed by atoms with E-state index < -0.39 is 23.3 Å². The first-order chi connectivity index (χ1) is 13.3. The number of halogens is 1. The van der Waals surface area contributed by atoms with Crippen LogP contribution in [-0.2, 0) is 4.79 Å². The number of hydrogen-bond donors (Lipinski definition) is 0. The molecule has 28 heavy (non-hydrogen) atoms. The van der Waals surface area contributed by atoms with Crippen LogP contribution in [0, 0.1) is 17.2 Å². The highest BCUT2D eigenvalue weighted by Gasteiger charge is 2.40. The van der Waals surface area contributed by atoms with Crippen LogP contribution in [0.4, 0.5) is 5.69 Å². The lowest BCUT2D eigenvalue weighted by atomic mass is 9.87. The number of carbonyl (C=O) groups excluding carboxylic acids is 2. The van der Waals surface area contributed by atoms with E-state index in [0.29, 0.717) is 21.8 Å². The third-order valence-corrected chi connectivity index (χ3v) is 5.47. The molecular formula is C22H20ClN3O2. The van der Waals surface area contributed by atoms with E-state index in [1.165, 1.54) is 6.21 Å². The van der Waals surface area contributed by atoms with E-state index >= 15 is 0 Å². The molecule has 2 amide bonds. The first kappa shape index (κ1) is 19.8. The van der Waals surface area contributed by atoms with Crippen LogP contribution in [0.15, 0.2) is 53.5 Å². The molecule has 0 spiro atoms. The molecule has 1 aliphatic rings. The van der Waals surface area contributed by atoms with E-state index in [9.17, 15) is 14.9 Å². The molecule has 1 aliphatic heterocycles. The lowest BCUT2D eigenvalue weighted by Crippen LogP contribution is -2.46. The SMILES string of the molecule is CC(C)[C@](C)(C#N)N=CC1C(=O)N(c2ccccc2Cl)C(=O)c2ccccc21. The average molecular weight is 394 g/mol. The van der Waals surface area contributed by atoms with Crippen LogP contribution >= 0.6 is 11.6 Å². The highest BCUT2D eigenvalue weighted by molar-refractivity contribution is 6.37. The van der Waals surface area contributed by atoms with Gasteiger partial charge in [0.05, 0.1) is 22.7 Å². The number of nitriles is 1. The van der Waals surface area contributed by atoms with Gasteiger partial charge in [-0.05, 0) is 36.6 Å². The molecule has 0 saturated heterocycles. The van der Waals surface area contributed by atoms with E-state index in [1.54, 1.807) is 55.5 Å². The smallest absolute Gasteiger partial charge is 0.265 e. The average Bonchev–Trinajstić information content (AvgIpc) is 2.69. The molecule has 1 heterocycles. The summed E-state index contributed by atoms with van der Waals surface area (Å²) >= 11 is 6.25. The molecule has 2 aromatic rings. The number of hydrogen-bond acceptors (Lipinski definition) is 4. The minimum absolute atomic E-state index is 0.0380. The van der Waals surface area contributed by atoms with Crippen molar-refractivity contribution < 1.29 is 9.59 Å². The lowest BCUT2D eigenvalue weighted by Gasteiger charge is -2.32. The predicted molar refractivity (Wildman–Crippen MR) is 110 cm³/mol. The molecule has 0 N–H and O–H groups in total. The Labute approximate surface area is 169 Å². The van der Waals surface area contributed by atoms with Gasteiger partial charge >= 0.3 is 0 Å². The van der Waals surface area contributed by atoms with Crippen LogP contribution in [0.5, 0.6) is 0 Å². The van der Waals surface area contributed by atoms with E-state index in [0.717, 1.165) is 4.90 Å². The van der Waals surface area contributed by atoms with Gasteiger partial charge in [0.2, 0.25) is 5.91 Å². The van der Waals surface area contributed by atoms with Crippen molar-refractivity contribution in [1.29, 1.82) is 5.26 Å². The molecule has 6 heteroatoms. The van der Waals surface area contributed by atoms with Crippen LogP contribution in [0.3, 0.4) is 0 Å². The van der Waals surface area contributed by atoms with Crippen molar-refractivity contribution >= 4 is 35.3 Å². The Morgan fingerprint density at radius 1 is 1.18 bits per heavy atom. The molecule has 142 valence electrons. The molecule has 0 radical (unpaired) electrons. The van der Waals surface area contributed by atoms with E-state index in [-0.39, 0.29) is 5.92 Å². The highest BCUT2D eigenvalue weighted by Crippen LogP contribution is 2.35. The normalized spacial score (nSPS) is 18.9. The minimum Gasteiger partial charge on any atom is -0.275 e. The van der Waals surface area contributed by atoms with Crippen LogP contribution in [0.25, 0.3) is 0 Å². The summed E-state index contributed by atoms with van der Waals surface area (Å²) in [6.45, 7) is 5.53. The van der Waals surface area contributed by atoms with Crippen molar-refractivity contribution in [1.82, 2.24) is 0 Å². The lowest BCUT2D eigenvalue weighted by molar-refractivity contribution is -0.118. The molecule has 2 aromatic carbocycles. The van der Waals surface area contributed by atoms with Crippen molar-refractivity contribution in [2.75, 3.05) is 4.90 Å². The van der Waals surface area contributed by atoms with Crippen LogP contribution < -0.4 is 4.90 Å². The van der Waals surface area contributed by atoms with Crippen LogP contribution in [0.2, 0.25) is 5.02 Å². The Hall–Kier alpha value is -2.97. The summed E-state index contributed by atoms with van der Waals surface area (Å²) in [6, 6.07) is 15.9. The molecule has 0 fully saturated rings. The third kappa shape index (κ3) is 3.32. The summed E-state index contributed by atoms with van der Waals surface area (Å²) in [5.74, 6) is -1.68. The summed E-state index contributed by atoms with van der Waals surface area (Å²) in [5, 5.41) is 9.83. The molecular weight excluding hydrogens is 374 g/mol. The second-order valence-electron chi connectivity index (χ2n) is 7.19. The summed E-state index contributed by atoms with van der Waals surface area (Å²) in [7, 11) is 0. The summed E-state index contributed by atoms with van der Waals surface area (Å²) in [5.41, 5.74) is 0.362. The van der Waals surface area contributed by atoms with Gasteiger partial charge in [-0.2, -0.15) is 5.26 Å². The van der Waals surface area contributed by atoms with Crippen molar-refractivity contribution in [2.24, 2.45) is 10.9 Å². The maximum absolute atomic E-state index is 13.3. The van der Waals surface area contributed by atoms with E-state index in [1.807, 2.05) is 13.8 Å². The van der Waals surface area contributed by atoms with Crippen LogP contribution in [0.1, 0.15) is 42.6 Å². The van der Waals surface area contributed by atoms with Crippen LogP contribution in [-0.4, -0.2) is 23.6 Å². The van der Waals surface area contributed by atoms with E-state index in [2.05, 4.69) is 11.1 Å². The fraction of sp³-hybridized carbons (Fsp3) is 0.273. The van der Waals surface area contributed by atoms with Gasteiger partial charge < -0.3 is 0 Å². The van der Waals surface area contributed by atoms with Crippen molar-refractivity contribution in [3.8, 4) is 6.07 Å². The molecule has 5 nitrogen and oxygen atoms in total. The zero-order valence-electron chi connectivity index (χ0n) is 15.9. The number of nitrogens with zero attached hydrogens (tertiary/aromatic N) is 3. The van der Waals surface area contributed by atoms with E-state index in [4.69, 9.17) is 11.6 Å². The fourth-order valence-electron chi connectivity index (χ4n) is 3.00. The number of benzene rings is 2. The second kappa shape index (κ2) is 7.57. The Morgan fingerprint density at radius 3 is 2.46 bits per heavy atom. The Kier molecular flexibility index (Phi) is 5.35. The van der Waals surface area contributed by atoms with Gasteiger partial charge in [0.25, 0.3) is 5.91 Å². The standard InChI is InChI=1S/C22H20ClN3O2/c1-14(2)22(3,13-24)25-12-17-15-8-4-5-9-16(15)20(27)26(21(17)28)19-11-7-6-10-18(19)23/h4-12,14,17H,1-3H3/t17?,22-/m0/s1. The Morgan fingerprint density at radius 2 is 1.82 bits per heavy atom. The first-order valence-electron chi connectivity index (χ1n) is 8.98. The number of amides is 2. The molecule has 1 unspecified atom stereocenters. The highest BCUT2D eigenvalue weighted by atomic mass is 35.5. The van der Waals surface area contributed by atoms with Gasteiger partial charge in [-0.15, -0.1) is 0 Å². The topological polar surface area (TPSA) is 73.5 Å². The molecule has 0 bridgehead atoms. The predicted octanol–water partition coefficient (Wildman–Crippen LogP) is 4.62. The molecule has 0 aliphatic carbocycles. The zero-order valence-corrected chi connectivity index (χ0v) is 16.6. The van der Waals surface area contributed by atoms with Gasteiger partial charge in [-0.25, -0.2) is 4.90 Å². The quantitative estimate of drug-likeness (QED) is 0.562. The number of carbonyl (C=O) groups is 2. The maximum atomic E-state index is 13.3. The number of fused-ring (bicyclic) bond motifs is 1. The monoisotopic (exact) mass is 393 g/mol. The number of anilines is 1. The van der Waals surface area contributed by atoms with Gasteiger partial charge in [0.1, 0.15) is 5.54 Å². The fourth-order valence-corrected chi connectivity index (χ4v) is 3.22. The number of aliphatic imine (C=N–C) groups is 1. The summed E-state index contributed by atoms with van der Waals surface area (Å²) in [6.07, 6.45) is 1.49. The second-order valence-corrected chi connectivity index (χ2v) is 7.59. The Bertz CT molecular complexity index is 1010. The molecule has 0 saturated carbocycles. The molecule has 3 rings (SSSR count). The molecule has 0 aromatic heterocycles. The Balaban J connectivity index is 2.13. The van der Waals surface area contributed by atoms with Gasteiger partial charge in [-0.3, -0.25) is 14.6 Å². The number of imide groups is 1. The summed E-state index contributed by atoms with van der Waals surface area (Å²) in [4.78, 5) is 31.9. The van der Waals surface area contributed by atoms with Crippen molar-refractivity contribution in [3.63, 3.8) is 0 Å². The minimum atomic E-state index is -0.966. The number of para-hydroxylation sites is 1. The summed E-state index contributed by atoms with van der Waals surface area (Å²) < 4.78 is 0. The molecule has 2 atom stereocenters. The third-order valence-electron chi connectivity index (χ3n) is 5.15. The van der Waals surface area contributed by atoms with Gasteiger partial charge in [0.15, 0.2) is 0 Å². The number of rotatable bonds is 4. The van der Waals surface area contributed by atoms with Gasteiger partial charge in [-0.1, -0.05) is 55.8 Å². The van der Waals surface area contributed by atoms with Gasteiger partial charge in [0, 0.05) is 11.8 Å². The maximum Gasteiger partial charge on any atom is 0.265 e. The van der Waals surface area contributed by atoms with Crippen molar-refractivity contribution in [3.05, 3.63) is 64.7 Å². The zero-order chi connectivity index (χ0) is 20.5.